The molecule has 32 heavy (non-hydrogen) atoms. The summed E-state index contributed by atoms with van der Waals surface area (Å²) < 4.78 is 23.4. The van der Waals surface area contributed by atoms with E-state index in [1.807, 2.05) is 25.1 Å². The number of hydrogen-bond donors (Lipinski definition) is 1. The second-order valence-corrected chi connectivity index (χ2v) is 7.99. The van der Waals surface area contributed by atoms with Crippen molar-refractivity contribution in [1.29, 1.82) is 21.2 Å². The largest absolute Gasteiger partial charge is 0.454 e. The minimum Gasteiger partial charge on any atom is -0.454 e. The lowest BCUT2D eigenvalue weighted by molar-refractivity contribution is -0.292. The fraction of sp³-hybridized carbons (Fsp3) is 0.333. The molecule has 0 aliphatic carbocycles. The first kappa shape index (κ1) is 19.9. The van der Waals surface area contributed by atoms with E-state index in [9.17, 15) is 15.8 Å². The van der Waals surface area contributed by atoms with Crippen molar-refractivity contribution in [1.82, 2.24) is 0 Å². The molecule has 4 atom stereocenters. The summed E-state index contributed by atoms with van der Waals surface area (Å²) in [6, 6.07) is 20.4. The summed E-state index contributed by atoms with van der Waals surface area (Å²) in [5.41, 5.74) is -2.78. The molecular formula is C24H18N4O4. The molecule has 1 N–H and O–H groups in total. The van der Waals surface area contributed by atoms with Crippen LogP contribution in [0.5, 0.6) is 11.5 Å². The van der Waals surface area contributed by atoms with Gasteiger partial charge in [0.25, 0.3) is 0 Å². The fourth-order valence-corrected chi connectivity index (χ4v) is 5.28. The Labute approximate surface area is 184 Å². The summed E-state index contributed by atoms with van der Waals surface area (Å²) in [4.78, 5) is 0. The van der Waals surface area contributed by atoms with Gasteiger partial charge in [0.15, 0.2) is 16.9 Å². The zero-order valence-corrected chi connectivity index (χ0v) is 17.2. The number of hydrogen-bond acceptors (Lipinski definition) is 8. The summed E-state index contributed by atoms with van der Waals surface area (Å²) in [5.74, 6) is -1.69. The van der Waals surface area contributed by atoms with E-state index >= 15 is 0 Å². The van der Waals surface area contributed by atoms with Gasteiger partial charge in [-0.15, -0.1) is 0 Å². The minimum absolute atomic E-state index is 0.0632. The van der Waals surface area contributed by atoms with Gasteiger partial charge in [0, 0.05) is 5.56 Å². The van der Waals surface area contributed by atoms with Crippen molar-refractivity contribution in [2.75, 3.05) is 6.79 Å². The van der Waals surface area contributed by atoms with Crippen LogP contribution in [0, 0.1) is 56.2 Å². The number of nitriles is 3. The lowest BCUT2D eigenvalue weighted by atomic mass is 9.52. The third-order valence-electron chi connectivity index (χ3n) is 6.71. The van der Waals surface area contributed by atoms with E-state index < -0.39 is 34.5 Å². The first-order chi connectivity index (χ1) is 15.5. The highest BCUT2D eigenvalue weighted by atomic mass is 16.7. The van der Waals surface area contributed by atoms with E-state index in [2.05, 4.69) is 18.2 Å². The molecule has 2 saturated heterocycles. The van der Waals surface area contributed by atoms with Gasteiger partial charge in [-0.25, -0.2) is 0 Å². The lowest BCUT2D eigenvalue weighted by Crippen LogP contribution is -2.58. The Morgan fingerprint density at radius 1 is 1.00 bits per heavy atom. The Hall–Kier alpha value is -4.06. The predicted octanol–water partition coefficient (Wildman–Crippen LogP) is 3.92. The Morgan fingerprint density at radius 3 is 2.38 bits per heavy atom. The van der Waals surface area contributed by atoms with Crippen LogP contribution in [0.15, 0.2) is 48.5 Å². The van der Waals surface area contributed by atoms with Gasteiger partial charge in [0.1, 0.15) is 6.10 Å². The molecule has 3 aliphatic heterocycles. The van der Waals surface area contributed by atoms with Crippen molar-refractivity contribution < 1.29 is 18.9 Å². The maximum atomic E-state index is 10.4. The summed E-state index contributed by atoms with van der Waals surface area (Å²) >= 11 is 0. The Morgan fingerprint density at radius 2 is 1.72 bits per heavy atom. The quantitative estimate of drug-likeness (QED) is 0.786. The molecule has 8 heteroatoms. The van der Waals surface area contributed by atoms with Crippen molar-refractivity contribution >= 4 is 5.90 Å². The van der Waals surface area contributed by atoms with Gasteiger partial charge in [0.05, 0.1) is 24.1 Å². The van der Waals surface area contributed by atoms with Crippen molar-refractivity contribution in [3.8, 4) is 29.7 Å². The van der Waals surface area contributed by atoms with Gasteiger partial charge < -0.3 is 18.9 Å². The zero-order chi connectivity index (χ0) is 22.6. The smallest absolute Gasteiger partial charge is 0.244 e. The molecule has 0 amide bonds. The zero-order valence-electron chi connectivity index (χ0n) is 17.2. The number of nitrogens with zero attached hydrogens (tertiary/aromatic N) is 3. The maximum absolute atomic E-state index is 10.4. The molecule has 2 aromatic rings. The molecule has 2 fully saturated rings. The number of rotatable bonds is 3. The molecule has 3 aliphatic rings. The third kappa shape index (κ3) is 2.13. The highest BCUT2D eigenvalue weighted by Crippen LogP contribution is 2.70. The fourth-order valence-electron chi connectivity index (χ4n) is 5.28. The number of benzene rings is 2. The van der Waals surface area contributed by atoms with Gasteiger partial charge in [-0.3, -0.25) is 5.41 Å². The second-order valence-electron chi connectivity index (χ2n) is 7.99. The van der Waals surface area contributed by atoms with Crippen molar-refractivity contribution in [2.45, 2.75) is 25.2 Å². The van der Waals surface area contributed by atoms with Crippen LogP contribution in [-0.2, 0) is 15.3 Å². The molecule has 4 unspecified atom stereocenters. The van der Waals surface area contributed by atoms with E-state index in [-0.39, 0.29) is 6.79 Å². The number of ether oxygens (including phenoxy) is 4. The average molecular weight is 426 g/mol. The second kappa shape index (κ2) is 6.72. The van der Waals surface area contributed by atoms with Gasteiger partial charge in [-0.1, -0.05) is 43.3 Å². The lowest BCUT2D eigenvalue weighted by Gasteiger charge is -2.49. The molecule has 3 heterocycles. The van der Waals surface area contributed by atoms with E-state index in [1.54, 1.807) is 30.3 Å². The van der Waals surface area contributed by atoms with Crippen LogP contribution in [0.25, 0.3) is 0 Å². The van der Waals surface area contributed by atoms with E-state index in [0.29, 0.717) is 29.0 Å². The van der Waals surface area contributed by atoms with Crippen LogP contribution < -0.4 is 9.47 Å². The van der Waals surface area contributed by atoms with E-state index in [1.165, 1.54) is 0 Å². The standard InChI is InChI=1S/C24H18N4O4/c1-2-19-23(13-27)21(28)32-24(19,16-6-4-3-5-7-16)31-20(22(23,11-25)12-26)15-8-9-17-18(10-15)30-14-29-17/h3-10,19-20,28H,2,14H2,1H3. The van der Waals surface area contributed by atoms with Crippen LogP contribution in [0.1, 0.15) is 30.6 Å². The minimum atomic E-state index is -2.03. The van der Waals surface area contributed by atoms with Crippen LogP contribution in [0.3, 0.4) is 0 Å². The summed E-state index contributed by atoms with van der Waals surface area (Å²) in [6.45, 7) is 1.90. The highest BCUT2D eigenvalue weighted by molar-refractivity contribution is 5.89. The van der Waals surface area contributed by atoms with Crippen LogP contribution in [0.2, 0.25) is 0 Å². The SMILES string of the molecule is CCC1C2(c3ccccc3)OC(=N)C1(C#N)C(C#N)(C#N)C(c1ccc3c(c1)OCO3)O2. The molecule has 2 bridgehead atoms. The summed E-state index contributed by atoms with van der Waals surface area (Å²) in [6.07, 6.45) is -0.832. The summed E-state index contributed by atoms with van der Waals surface area (Å²) in [5, 5.41) is 39.9. The Balaban J connectivity index is 1.80. The first-order valence-electron chi connectivity index (χ1n) is 10.2. The molecule has 158 valence electrons. The molecule has 2 aromatic carbocycles. The van der Waals surface area contributed by atoms with Gasteiger partial charge in [-0.2, -0.15) is 15.8 Å². The van der Waals surface area contributed by atoms with Crippen LogP contribution in [-0.4, -0.2) is 12.7 Å². The molecule has 0 aromatic heterocycles. The normalized spacial score (nSPS) is 31.1. The van der Waals surface area contributed by atoms with E-state index in [4.69, 9.17) is 24.4 Å². The van der Waals surface area contributed by atoms with Crippen LogP contribution >= 0.6 is 0 Å². The van der Waals surface area contributed by atoms with Crippen molar-refractivity contribution in [2.24, 2.45) is 16.7 Å². The predicted molar refractivity (Wildman–Crippen MR) is 109 cm³/mol. The molecule has 0 spiro atoms. The first-order valence-corrected chi connectivity index (χ1v) is 10.2. The van der Waals surface area contributed by atoms with Gasteiger partial charge in [0.2, 0.25) is 23.9 Å². The maximum Gasteiger partial charge on any atom is 0.244 e. The number of nitrogens with one attached hydrogen (secondary N) is 1. The Bertz CT molecular complexity index is 1230. The Kier molecular flexibility index (Phi) is 4.17. The average Bonchev–Trinajstić information content (AvgIpc) is 3.38. The highest BCUT2D eigenvalue weighted by Gasteiger charge is 2.80. The van der Waals surface area contributed by atoms with E-state index in [0.717, 1.165) is 0 Å². The molecule has 5 rings (SSSR count). The number of fused-ring (bicyclic) bond motifs is 3. The molecular weight excluding hydrogens is 408 g/mol. The van der Waals surface area contributed by atoms with Crippen molar-refractivity contribution in [3.05, 3.63) is 59.7 Å². The van der Waals surface area contributed by atoms with Crippen LogP contribution in [0.4, 0.5) is 0 Å². The summed E-state index contributed by atoms with van der Waals surface area (Å²) in [7, 11) is 0. The third-order valence-corrected chi connectivity index (χ3v) is 6.71. The van der Waals surface area contributed by atoms with Gasteiger partial charge in [-0.05, 0) is 24.1 Å². The molecule has 0 saturated carbocycles. The van der Waals surface area contributed by atoms with Gasteiger partial charge >= 0.3 is 0 Å². The monoisotopic (exact) mass is 426 g/mol. The molecule has 8 nitrogen and oxygen atoms in total. The van der Waals surface area contributed by atoms with Crippen molar-refractivity contribution in [3.63, 3.8) is 0 Å². The topological polar surface area (TPSA) is 132 Å². The molecule has 0 radical (unpaired) electrons.